The van der Waals surface area contributed by atoms with Crippen LogP contribution in [-0.2, 0) is 13.5 Å². The van der Waals surface area contributed by atoms with E-state index in [1.165, 1.54) is 6.07 Å². The van der Waals surface area contributed by atoms with Crippen LogP contribution in [0.3, 0.4) is 0 Å². The molecule has 1 atom stereocenters. The summed E-state index contributed by atoms with van der Waals surface area (Å²) in [5.41, 5.74) is 1.74. The van der Waals surface area contributed by atoms with Gasteiger partial charge in [-0.25, -0.2) is 9.37 Å². The molecule has 0 aliphatic carbocycles. The van der Waals surface area contributed by atoms with Crippen LogP contribution in [0.25, 0.3) is 0 Å². The van der Waals surface area contributed by atoms with E-state index in [9.17, 15) is 4.39 Å². The molecule has 102 valence electrons. The second-order valence-corrected chi connectivity index (χ2v) is 4.62. The van der Waals surface area contributed by atoms with E-state index in [0.717, 1.165) is 24.4 Å². The van der Waals surface area contributed by atoms with Crippen LogP contribution in [0.5, 0.6) is 0 Å². The van der Waals surface area contributed by atoms with Crippen LogP contribution in [0.15, 0.2) is 24.5 Å². The standard InChI is InChI=1S/C14H19FN4/c1-4-16-13(8-14-17-9-18-19(14)3)11-5-6-12(15)10(2)7-11/h5-7,9,13,16H,4,8H2,1-3H3. The molecule has 5 heteroatoms. The van der Waals surface area contributed by atoms with E-state index < -0.39 is 0 Å². The highest BCUT2D eigenvalue weighted by Crippen LogP contribution is 2.20. The van der Waals surface area contributed by atoms with Crippen molar-refractivity contribution in [3.63, 3.8) is 0 Å². The fourth-order valence-electron chi connectivity index (χ4n) is 2.13. The van der Waals surface area contributed by atoms with Gasteiger partial charge in [0, 0.05) is 19.5 Å². The maximum Gasteiger partial charge on any atom is 0.138 e. The number of halogens is 1. The van der Waals surface area contributed by atoms with Crippen LogP contribution in [0.4, 0.5) is 4.39 Å². The minimum Gasteiger partial charge on any atom is -0.310 e. The lowest BCUT2D eigenvalue weighted by Crippen LogP contribution is -2.24. The molecule has 2 rings (SSSR count). The first-order chi connectivity index (χ1) is 9.11. The lowest BCUT2D eigenvalue weighted by atomic mass is 10.0. The van der Waals surface area contributed by atoms with Crippen molar-refractivity contribution in [1.82, 2.24) is 20.1 Å². The molecule has 0 spiro atoms. The Balaban J connectivity index is 2.24. The molecule has 4 nitrogen and oxygen atoms in total. The van der Waals surface area contributed by atoms with Gasteiger partial charge in [-0.15, -0.1) is 0 Å². The molecule has 0 amide bonds. The first-order valence-electron chi connectivity index (χ1n) is 6.44. The number of benzene rings is 1. The van der Waals surface area contributed by atoms with Crippen molar-refractivity contribution < 1.29 is 4.39 Å². The number of aromatic nitrogens is 3. The average Bonchev–Trinajstić information content (AvgIpc) is 2.78. The van der Waals surface area contributed by atoms with Crippen molar-refractivity contribution in [2.45, 2.75) is 26.3 Å². The van der Waals surface area contributed by atoms with Crippen molar-refractivity contribution in [3.05, 3.63) is 47.3 Å². The Bertz CT molecular complexity index is 550. The number of hydrogen-bond donors (Lipinski definition) is 1. The van der Waals surface area contributed by atoms with E-state index in [0.29, 0.717) is 5.56 Å². The Labute approximate surface area is 112 Å². The van der Waals surface area contributed by atoms with Crippen LogP contribution in [0, 0.1) is 12.7 Å². The number of rotatable bonds is 5. The highest BCUT2D eigenvalue weighted by Gasteiger charge is 2.15. The molecule has 1 unspecified atom stereocenters. The summed E-state index contributed by atoms with van der Waals surface area (Å²) in [5, 5.41) is 7.48. The van der Waals surface area contributed by atoms with Crippen molar-refractivity contribution in [2.75, 3.05) is 6.54 Å². The fraction of sp³-hybridized carbons (Fsp3) is 0.429. The third-order valence-electron chi connectivity index (χ3n) is 3.23. The van der Waals surface area contributed by atoms with E-state index in [1.54, 1.807) is 17.9 Å². The summed E-state index contributed by atoms with van der Waals surface area (Å²) < 4.78 is 15.1. The molecule has 2 aromatic rings. The van der Waals surface area contributed by atoms with Gasteiger partial charge in [-0.3, -0.25) is 4.68 Å². The first kappa shape index (κ1) is 13.7. The second kappa shape index (κ2) is 5.93. The van der Waals surface area contributed by atoms with Crippen LogP contribution in [0.1, 0.15) is 29.9 Å². The third kappa shape index (κ3) is 3.17. The Kier molecular flexibility index (Phi) is 4.27. The Morgan fingerprint density at radius 3 is 2.79 bits per heavy atom. The van der Waals surface area contributed by atoms with Crippen molar-refractivity contribution >= 4 is 0 Å². The van der Waals surface area contributed by atoms with E-state index in [-0.39, 0.29) is 11.9 Å². The monoisotopic (exact) mass is 262 g/mol. The average molecular weight is 262 g/mol. The number of likely N-dealkylation sites (N-methyl/N-ethyl adjacent to an activating group) is 1. The van der Waals surface area contributed by atoms with Gasteiger partial charge >= 0.3 is 0 Å². The molecular weight excluding hydrogens is 243 g/mol. The van der Waals surface area contributed by atoms with Crippen LogP contribution in [-0.4, -0.2) is 21.3 Å². The third-order valence-corrected chi connectivity index (χ3v) is 3.23. The van der Waals surface area contributed by atoms with E-state index >= 15 is 0 Å². The molecule has 0 radical (unpaired) electrons. The number of nitrogens with one attached hydrogen (secondary N) is 1. The van der Waals surface area contributed by atoms with Crippen molar-refractivity contribution in [1.29, 1.82) is 0 Å². The summed E-state index contributed by atoms with van der Waals surface area (Å²) in [7, 11) is 1.88. The molecular formula is C14H19FN4. The van der Waals surface area contributed by atoms with Crippen LogP contribution in [0.2, 0.25) is 0 Å². The van der Waals surface area contributed by atoms with Crippen molar-refractivity contribution in [2.24, 2.45) is 7.05 Å². The molecule has 0 saturated carbocycles. The first-order valence-corrected chi connectivity index (χ1v) is 6.44. The Morgan fingerprint density at radius 1 is 1.42 bits per heavy atom. The van der Waals surface area contributed by atoms with Gasteiger partial charge in [0.1, 0.15) is 18.0 Å². The smallest absolute Gasteiger partial charge is 0.138 e. The van der Waals surface area contributed by atoms with Gasteiger partial charge < -0.3 is 5.32 Å². The summed E-state index contributed by atoms with van der Waals surface area (Å²) in [6.45, 7) is 4.68. The van der Waals surface area contributed by atoms with Gasteiger partial charge in [0.25, 0.3) is 0 Å². The molecule has 0 aliphatic heterocycles. The topological polar surface area (TPSA) is 42.7 Å². The van der Waals surface area contributed by atoms with E-state index in [2.05, 4.69) is 22.3 Å². The number of hydrogen-bond acceptors (Lipinski definition) is 3. The zero-order valence-electron chi connectivity index (χ0n) is 11.5. The summed E-state index contributed by atoms with van der Waals surface area (Å²) in [6, 6.07) is 5.35. The highest BCUT2D eigenvalue weighted by molar-refractivity contribution is 5.27. The van der Waals surface area contributed by atoms with Gasteiger partial charge in [0.2, 0.25) is 0 Å². The normalized spacial score (nSPS) is 12.6. The number of aryl methyl sites for hydroxylation is 2. The van der Waals surface area contributed by atoms with Gasteiger partial charge in [-0.05, 0) is 30.7 Å². The minimum absolute atomic E-state index is 0.118. The Morgan fingerprint density at radius 2 is 2.21 bits per heavy atom. The second-order valence-electron chi connectivity index (χ2n) is 4.62. The lowest BCUT2D eigenvalue weighted by Gasteiger charge is -2.18. The number of nitrogens with zero attached hydrogens (tertiary/aromatic N) is 3. The minimum atomic E-state index is -0.169. The maximum absolute atomic E-state index is 13.3. The zero-order valence-corrected chi connectivity index (χ0v) is 11.5. The van der Waals surface area contributed by atoms with Crippen LogP contribution >= 0.6 is 0 Å². The fourth-order valence-corrected chi connectivity index (χ4v) is 2.13. The molecule has 0 aliphatic rings. The van der Waals surface area contributed by atoms with Gasteiger partial charge in [0.05, 0.1) is 0 Å². The molecule has 0 saturated heterocycles. The van der Waals surface area contributed by atoms with Gasteiger partial charge in [-0.2, -0.15) is 5.10 Å². The van der Waals surface area contributed by atoms with Crippen LogP contribution < -0.4 is 5.32 Å². The molecule has 1 aromatic carbocycles. The molecule has 0 bridgehead atoms. The molecule has 0 fully saturated rings. The summed E-state index contributed by atoms with van der Waals surface area (Å²) in [4.78, 5) is 4.24. The molecule has 19 heavy (non-hydrogen) atoms. The molecule has 1 N–H and O–H groups in total. The molecule has 1 heterocycles. The Hall–Kier alpha value is -1.75. The van der Waals surface area contributed by atoms with E-state index in [4.69, 9.17) is 0 Å². The van der Waals surface area contributed by atoms with Gasteiger partial charge in [-0.1, -0.05) is 19.1 Å². The quantitative estimate of drug-likeness (QED) is 0.898. The van der Waals surface area contributed by atoms with Gasteiger partial charge in [0.15, 0.2) is 0 Å². The molecule has 1 aromatic heterocycles. The summed E-state index contributed by atoms with van der Waals surface area (Å²) >= 11 is 0. The SMILES string of the molecule is CCNC(Cc1ncnn1C)c1ccc(F)c(C)c1. The highest BCUT2D eigenvalue weighted by atomic mass is 19.1. The summed E-state index contributed by atoms with van der Waals surface area (Å²) in [6.07, 6.45) is 2.28. The zero-order chi connectivity index (χ0) is 13.8. The predicted molar refractivity (Wildman–Crippen MR) is 72.3 cm³/mol. The predicted octanol–water partition coefficient (Wildman–Crippen LogP) is 2.16. The largest absolute Gasteiger partial charge is 0.310 e. The summed E-state index contributed by atoms with van der Waals surface area (Å²) in [5.74, 6) is 0.741. The maximum atomic E-state index is 13.3. The van der Waals surface area contributed by atoms with Crippen molar-refractivity contribution in [3.8, 4) is 0 Å². The van der Waals surface area contributed by atoms with E-state index in [1.807, 2.05) is 19.2 Å². The lowest BCUT2D eigenvalue weighted by molar-refractivity contribution is 0.520.